The zero-order valence-corrected chi connectivity index (χ0v) is 16.2. The molecule has 1 aliphatic heterocycles. The standard InChI is InChI=1S/C23H28N4/c1-17-21(18(2)27(25-17)13-19-9-5-3-6-10-19)14-26-15-22(23(24)16-26)20-11-7-4-8-12-20/h3-12,22-23H,13-16,24H2,1-2H3/t22-,23+/m0/s1. The van der Waals surface area contributed by atoms with E-state index in [1.807, 2.05) is 0 Å². The number of rotatable bonds is 5. The second kappa shape index (κ2) is 7.67. The van der Waals surface area contributed by atoms with Crippen molar-refractivity contribution in [3.05, 3.63) is 88.7 Å². The van der Waals surface area contributed by atoms with Crippen LogP contribution in [-0.4, -0.2) is 33.8 Å². The van der Waals surface area contributed by atoms with E-state index in [4.69, 9.17) is 10.8 Å². The smallest absolute Gasteiger partial charge is 0.0662 e. The molecule has 1 aromatic heterocycles. The largest absolute Gasteiger partial charge is 0.326 e. The molecule has 2 aromatic carbocycles. The first-order valence-corrected chi connectivity index (χ1v) is 9.71. The summed E-state index contributed by atoms with van der Waals surface area (Å²) in [5, 5.41) is 4.80. The van der Waals surface area contributed by atoms with Crippen molar-refractivity contribution in [3.63, 3.8) is 0 Å². The van der Waals surface area contributed by atoms with E-state index in [9.17, 15) is 0 Å². The van der Waals surface area contributed by atoms with Crippen LogP contribution < -0.4 is 5.73 Å². The molecule has 2 heterocycles. The lowest BCUT2D eigenvalue weighted by molar-refractivity contribution is 0.322. The van der Waals surface area contributed by atoms with Gasteiger partial charge >= 0.3 is 0 Å². The average Bonchev–Trinajstić information content (AvgIpc) is 3.18. The van der Waals surface area contributed by atoms with Gasteiger partial charge in [-0.2, -0.15) is 5.10 Å². The minimum atomic E-state index is 0.187. The molecule has 0 radical (unpaired) electrons. The first-order chi connectivity index (χ1) is 13.1. The molecule has 0 spiro atoms. The SMILES string of the molecule is Cc1nn(Cc2ccccc2)c(C)c1CN1C[C@@H](N)[C@H](c2ccccc2)C1. The van der Waals surface area contributed by atoms with Crippen LogP contribution in [0.4, 0.5) is 0 Å². The molecule has 1 saturated heterocycles. The van der Waals surface area contributed by atoms with E-state index < -0.39 is 0 Å². The molecule has 4 heteroatoms. The van der Waals surface area contributed by atoms with Crippen molar-refractivity contribution in [1.29, 1.82) is 0 Å². The number of aryl methyl sites for hydroxylation is 1. The first kappa shape index (κ1) is 18.0. The van der Waals surface area contributed by atoms with Crippen LogP contribution in [0.25, 0.3) is 0 Å². The molecular formula is C23H28N4. The Morgan fingerprint density at radius 3 is 2.30 bits per heavy atom. The summed E-state index contributed by atoms with van der Waals surface area (Å²) in [7, 11) is 0. The van der Waals surface area contributed by atoms with E-state index in [2.05, 4.69) is 84.1 Å². The van der Waals surface area contributed by atoms with Crippen molar-refractivity contribution in [1.82, 2.24) is 14.7 Å². The molecule has 0 saturated carbocycles. The lowest BCUT2D eigenvalue weighted by Crippen LogP contribution is -2.28. The maximum atomic E-state index is 6.48. The Morgan fingerprint density at radius 2 is 1.59 bits per heavy atom. The molecule has 140 valence electrons. The molecule has 2 atom stereocenters. The molecule has 0 amide bonds. The van der Waals surface area contributed by atoms with Gasteiger partial charge in [-0.15, -0.1) is 0 Å². The van der Waals surface area contributed by atoms with Crippen molar-refractivity contribution in [2.75, 3.05) is 13.1 Å². The Labute approximate surface area is 161 Å². The van der Waals surface area contributed by atoms with Crippen molar-refractivity contribution in [3.8, 4) is 0 Å². The average molecular weight is 361 g/mol. The van der Waals surface area contributed by atoms with Gasteiger partial charge in [0, 0.05) is 42.9 Å². The van der Waals surface area contributed by atoms with Crippen LogP contribution in [0, 0.1) is 13.8 Å². The fraction of sp³-hybridized carbons (Fsp3) is 0.348. The maximum absolute atomic E-state index is 6.48. The number of hydrogen-bond donors (Lipinski definition) is 1. The van der Waals surface area contributed by atoms with E-state index in [1.54, 1.807) is 0 Å². The highest BCUT2D eigenvalue weighted by molar-refractivity contribution is 5.28. The summed E-state index contributed by atoms with van der Waals surface area (Å²) in [5.41, 5.74) is 12.8. The summed E-state index contributed by atoms with van der Waals surface area (Å²) < 4.78 is 2.13. The number of aromatic nitrogens is 2. The van der Waals surface area contributed by atoms with Gasteiger partial charge in [-0.1, -0.05) is 60.7 Å². The van der Waals surface area contributed by atoms with E-state index in [1.165, 1.54) is 22.4 Å². The summed E-state index contributed by atoms with van der Waals surface area (Å²) in [5.74, 6) is 0.408. The Balaban J connectivity index is 1.48. The van der Waals surface area contributed by atoms with Gasteiger partial charge in [0.25, 0.3) is 0 Å². The topological polar surface area (TPSA) is 47.1 Å². The van der Waals surface area contributed by atoms with Gasteiger partial charge in [0.15, 0.2) is 0 Å². The first-order valence-electron chi connectivity index (χ1n) is 9.71. The molecule has 2 N–H and O–H groups in total. The van der Waals surface area contributed by atoms with E-state index >= 15 is 0 Å². The predicted octanol–water partition coefficient (Wildman–Crippen LogP) is 3.47. The van der Waals surface area contributed by atoms with Gasteiger partial charge in [-0.3, -0.25) is 9.58 Å². The van der Waals surface area contributed by atoms with Gasteiger partial charge in [-0.05, 0) is 25.0 Å². The van der Waals surface area contributed by atoms with Crippen LogP contribution in [0.2, 0.25) is 0 Å². The molecule has 4 nitrogen and oxygen atoms in total. The predicted molar refractivity (Wildman–Crippen MR) is 110 cm³/mol. The number of nitrogens with two attached hydrogens (primary N) is 1. The summed E-state index contributed by atoms with van der Waals surface area (Å²) in [6.45, 7) is 7.98. The van der Waals surface area contributed by atoms with Crippen LogP contribution in [-0.2, 0) is 13.1 Å². The number of benzene rings is 2. The van der Waals surface area contributed by atoms with Gasteiger partial charge in [-0.25, -0.2) is 0 Å². The normalized spacial score (nSPS) is 20.3. The molecule has 0 aliphatic carbocycles. The molecule has 0 unspecified atom stereocenters. The maximum Gasteiger partial charge on any atom is 0.0662 e. The fourth-order valence-corrected chi connectivity index (χ4v) is 4.19. The fourth-order valence-electron chi connectivity index (χ4n) is 4.19. The van der Waals surface area contributed by atoms with Crippen LogP contribution in [0.15, 0.2) is 60.7 Å². The summed E-state index contributed by atoms with van der Waals surface area (Å²) in [4.78, 5) is 2.48. The van der Waals surface area contributed by atoms with Crippen LogP contribution in [0.5, 0.6) is 0 Å². The van der Waals surface area contributed by atoms with E-state index in [-0.39, 0.29) is 6.04 Å². The molecule has 1 aliphatic rings. The highest BCUT2D eigenvalue weighted by atomic mass is 15.3. The number of nitrogens with zero attached hydrogens (tertiary/aromatic N) is 3. The molecule has 3 aromatic rings. The second-order valence-corrected chi connectivity index (χ2v) is 7.67. The van der Waals surface area contributed by atoms with Gasteiger partial charge in [0.05, 0.1) is 12.2 Å². The Hall–Kier alpha value is -2.43. The second-order valence-electron chi connectivity index (χ2n) is 7.67. The zero-order chi connectivity index (χ0) is 18.8. The molecular weight excluding hydrogens is 332 g/mol. The lowest BCUT2D eigenvalue weighted by Gasteiger charge is -2.16. The lowest BCUT2D eigenvalue weighted by atomic mass is 9.95. The van der Waals surface area contributed by atoms with Crippen LogP contribution in [0.1, 0.15) is 34.0 Å². The minimum absolute atomic E-state index is 0.187. The van der Waals surface area contributed by atoms with Gasteiger partial charge < -0.3 is 5.73 Å². The van der Waals surface area contributed by atoms with E-state index in [0.717, 1.165) is 31.9 Å². The van der Waals surface area contributed by atoms with Gasteiger partial charge in [0.2, 0.25) is 0 Å². The summed E-state index contributed by atoms with van der Waals surface area (Å²) in [6, 6.07) is 21.4. The van der Waals surface area contributed by atoms with Crippen molar-refractivity contribution < 1.29 is 0 Å². The third-order valence-electron chi connectivity index (χ3n) is 5.76. The zero-order valence-electron chi connectivity index (χ0n) is 16.2. The molecule has 27 heavy (non-hydrogen) atoms. The Bertz CT molecular complexity index is 886. The minimum Gasteiger partial charge on any atom is -0.326 e. The third-order valence-corrected chi connectivity index (χ3v) is 5.76. The molecule has 4 rings (SSSR count). The summed E-state index contributed by atoms with van der Waals surface area (Å²) in [6.07, 6.45) is 0. The van der Waals surface area contributed by atoms with Crippen LogP contribution in [0.3, 0.4) is 0 Å². The van der Waals surface area contributed by atoms with Crippen molar-refractivity contribution >= 4 is 0 Å². The Morgan fingerprint density at radius 1 is 0.926 bits per heavy atom. The molecule has 1 fully saturated rings. The Kier molecular flexibility index (Phi) is 5.10. The van der Waals surface area contributed by atoms with Crippen molar-refractivity contribution in [2.24, 2.45) is 5.73 Å². The quantitative estimate of drug-likeness (QED) is 0.758. The van der Waals surface area contributed by atoms with Crippen LogP contribution >= 0.6 is 0 Å². The third kappa shape index (κ3) is 3.82. The molecule has 0 bridgehead atoms. The van der Waals surface area contributed by atoms with Crippen molar-refractivity contribution in [2.45, 2.75) is 38.9 Å². The van der Waals surface area contributed by atoms with E-state index in [0.29, 0.717) is 5.92 Å². The summed E-state index contributed by atoms with van der Waals surface area (Å²) >= 11 is 0. The number of likely N-dealkylation sites (tertiary alicyclic amines) is 1. The highest BCUT2D eigenvalue weighted by Crippen LogP contribution is 2.28. The monoisotopic (exact) mass is 360 g/mol. The number of hydrogen-bond acceptors (Lipinski definition) is 3. The highest BCUT2D eigenvalue weighted by Gasteiger charge is 2.31. The van der Waals surface area contributed by atoms with Gasteiger partial charge in [0.1, 0.15) is 0 Å².